The molecular formula is C12H13N3O. The van der Waals surface area contributed by atoms with Crippen LogP contribution in [0.15, 0.2) is 43.2 Å². The topological polar surface area (TPSA) is 64.1 Å². The Kier molecular flexibility index (Phi) is 2.64. The Bertz CT molecular complexity index is 502. The summed E-state index contributed by atoms with van der Waals surface area (Å²) in [5.74, 6) is 0.231. The van der Waals surface area contributed by atoms with E-state index in [0.717, 1.165) is 5.56 Å². The summed E-state index contributed by atoms with van der Waals surface area (Å²) in [4.78, 5) is 3.95. The first-order chi connectivity index (χ1) is 7.68. The maximum atomic E-state index is 9.42. The molecule has 1 aromatic heterocycles. The van der Waals surface area contributed by atoms with Gasteiger partial charge in [0.25, 0.3) is 0 Å². The van der Waals surface area contributed by atoms with Gasteiger partial charge in [0.2, 0.25) is 0 Å². The molecule has 0 aliphatic heterocycles. The molecule has 1 heterocycles. The number of hydrogen-bond donors (Lipinski definition) is 2. The van der Waals surface area contributed by atoms with Crippen molar-refractivity contribution >= 4 is 11.6 Å². The molecule has 0 saturated heterocycles. The molecule has 0 aliphatic rings. The quantitative estimate of drug-likeness (QED) is 0.770. The molecule has 4 nitrogen and oxygen atoms in total. The average Bonchev–Trinajstić information content (AvgIpc) is 2.61. The molecule has 0 unspecified atom stereocenters. The number of nitrogens with two attached hydrogens (primary N) is 1. The fraction of sp³-hybridized carbons (Fsp3) is 0.0833. The minimum Gasteiger partial charge on any atom is -0.506 e. The van der Waals surface area contributed by atoms with E-state index in [4.69, 9.17) is 5.73 Å². The summed E-state index contributed by atoms with van der Waals surface area (Å²) in [5, 5.41) is 9.42. The molecule has 3 N–H and O–H groups in total. The number of benzene rings is 1. The van der Waals surface area contributed by atoms with E-state index in [1.807, 2.05) is 30.3 Å². The average molecular weight is 215 g/mol. The molecular weight excluding hydrogens is 202 g/mol. The second-order valence-corrected chi connectivity index (χ2v) is 3.54. The predicted octanol–water partition coefficient (Wildman–Crippen LogP) is 2.04. The summed E-state index contributed by atoms with van der Waals surface area (Å²) in [6.45, 7) is 4.09. The van der Waals surface area contributed by atoms with Gasteiger partial charge in [-0.05, 0) is 5.56 Å². The van der Waals surface area contributed by atoms with Crippen molar-refractivity contribution in [1.82, 2.24) is 9.55 Å². The van der Waals surface area contributed by atoms with Crippen LogP contribution in [0.2, 0.25) is 0 Å². The molecule has 0 aliphatic carbocycles. The van der Waals surface area contributed by atoms with Crippen LogP contribution in [-0.4, -0.2) is 14.7 Å². The number of anilines is 1. The van der Waals surface area contributed by atoms with Gasteiger partial charge < -0.3 is 15.4 Å². The maximum absolute atomic E-state index is 9.42. The van der Waals surface area contributed by atoms with Crippen LogP contribution in [0.4, 0.5) is 5.82 Å². The largest absolute Gasteiger partial charge is 0.506 e. The van der Waals surface area contributed by atoms with Gasteiger partial charge in [0, 0.05) is 6.54 Å². The fourth-order valence-corrected chi connectivity index (χ4v) is 1.61. The van der Waals surface area contributed by atoms with E-state index in [0.29, 0.717) is 18.1 Å². The highest BCUT2D eigenvalue weighted by molar-refractivity contribution is 5.63. The lowest BCUT2D eigenvalue weighted by Gasteiger charge is -2.07. The molecule has 0 bridgehead atoms. The normalized spacial score (nSPS) is 10.2. The van der Waals surface area contributed by atoms with E-state index in [1.165, 1.54) is 0 Å². The predicted molar refractivity (Wildman–Crippen MR) is 63.8 cm³/mol. The molecule has 82 valence electrons. The monoisotopic (exact) mass is 215 g/mol. The Balaban J connectivity index is 2.32. The third kappa shape index (κ3) is 1.91. The van der Waals surface area contributed by atoms with Crippen LogP contribution in [0.1, 0.15) is 11.3 Å². The highest BCUT2D eigenvalue weighted by Gasteiger charge is 2.10. The van der Waals surface area contributed by atoms with Gasteiger partial charge in [0.15, 0.2) is 5.82 Å². The minimum atomic E-state index is -0.0640. The van der Waals surface area contributed by atoms with Crippen molar-refractivity contribution in [3.8, 4) is 0 Å². The first-order valence-corrected chi connectivity index (χ1v) is 4.91. The first-order valence-electron chi connectivity index (χ1n) is 4.91. The van der Waals surface area contributed by atoms with Crippen LogP contribution < -0.4 is 5.73 Å². The number of nitrogen functional groups attached to an aromatic ring is 1. The molecule has 0 radical (unpaired) electrons. The molecule has 2 aromatic rings. The third-order valence-electron chi connectivity index (χ3n) is 2.34. The lowest BCUT2D eigenvalue weighted by molar-refractivity contribution is 0.505. The van der Waals surface area contributed by atoms with Gasteiger partial charge in [-0.15, -0.1) is 0 Å². The summed E-state index contributed by atoms with van der Waals surface area (Å²) >= 11 is 0. The van der Waals surface area contributed by atoms with E-state index in [-0.39, 0.29) is 5.76 Å². The molecule has 0 saturated carbocycles. The standard InChI is InChI=1S/C12H13N3O/c1-9(16)11-12(13)14-8-15(11)7-10-5-3-2-4-6-10/h2-6,8,16H,1,7,13H2. The van der Waals surface area contributed by atoms with Crippen LogP contribution in [0, 0.1) is 0 Å². The molecule has 16 heavy (non-hydrogen) atoms. The van der Waals surface area contributed by atoms with Crippen molar-refractivity contribution in [2.24, 2.45) is 0 Å². The van der Waals surface area contributed by atoms with Gasteiger partial charge in [-0.1, -0.05) is 36.9 Å². The van der Waals surface area contributed by atoms with E-state index in [9.17, 15) is 5.11 Å². The minimum absolute atomic E-state index is 0.0640. The smallest absolute Gasteiger partial charge is 0.153 e. The van der Waals surface area contributed by atoms with Crippen LogP contribution in [-0.2, 0) is 6.54 Å². The Morgan fingerprint density at radius 1 is 1.38 bits per heavy atom. The van der Waals surface area contributed by atoms with E-state index in [2.05, 4.69) is 11.6 Å². The number of rotatable bonds is 3. The summed E-state index contributed by atoms with van der Waals surface area (Å²) in [5.41, 5.74) is 7.23. The Morgan fingerprint density at radius 3 is 2.69 bits per heavy atom. The van der Waals surface area contributed by atoms with Gasteiger partial charge in [0.05, 0.1) is 6.33 Å². The number of imidazole rings is 1. The SMILES string of the molecule is C=C(O)c1c(N)ncn1Cc1ccccc1. The van der Waals surface area contributed by atoms with Gasteiger partial charge in [0.1, 0.15) is 11.5 Å². The van der Waals surface area contributed by atoms with Crippen LogP contribution in [0.25, 0.3) is 5.76 Å². The molecule has 4 heteroatoms. The van der Waals surface area contributed by atoms with Crippen LogP contribution >= 0.6 is 0 Å². The van der Waals surface area contributed by atoms with Crippen molar-refractivity contribution in [2.75, 3.05) is 5.73 Å². The van der Waals surface area contributed by atoms with Gasteiger partial charge in [-0.2, -0.15) is 0 Å². The maximum Gasteiger partial charge on any atom is 0.153 e. The molecule has 0 amide bonds. The summed E-state index contributed by atoms with van der Waals surface area (Å²) < 4.78 is 1.77. The molecule has 0 fully saturated rings. The highest BCUT2D eigenvalue weighted by atomic mass is 16.3. The Hall–Kier alpha value is -2.23. The number of aliphatic hydroxyl groups is 1. The van der Waals surface area contributed by atoms with Crippen LogP contribution in [0.5, 0.6) is 0 Å². The van der Waals surface area contributed by atoms with Crippen molar-refractivity contribution in [3.63, 3.8) is 0 Å². The number of nitrogens with zero attached hydrogens (tertiary/aromatic N) is 2. The van der Waals surface area contributed by atoms with Crippen molar-refractivity contribution in [2.45, 2.75) is 6.54 Å². The number of aliphatic hydroxyl groups excluding tert-OH is 1. The molecule has 0 atom stereocenters. The van der Waals surface area contributed by atoms with Crippen molar-refractivity contribution in [3.05, 3.63) is 54.5 Å². The second kappa shape index (κ2) is 4.10. The first kappa shape index (κ1) is 10.3. The molecule has 2 rings (SSSR count). The van der Waals surface area contributed by atoms with Crippen molar-refractivity contribution < 1.29 is 5.11 Å². The fourth-order valence-electron chi connectivity index (χ4n) is 1.61. The van der Waals surface area contributed by atoms with E-state index in [1.54, 1.807) is 10.9 Å². The molecule has 1 aromatic carbocycles. The number of aromatic nitrogens is 2. The van der Waals surface area contributed by atoms with E-state index < -0.39 is 0 Å². The second-order valence-electron chi connectivity index (χ2n) is 3.54. The zero-order valence-electron chi connectivity index (χ0n) is 8.80. The summed E-state index contributed by atoms with van der Waals surface area (Å²) in [7, 11) is 0. The third-order valence-corrected chi connectivity index (χ3v) is 2.34. The van der Waals surface area contributed by atoms with Crippen molar-refractivity contribution in [1.29, 1.82) is 0 Å². The summed E-state index contributed by atoms with van der Waals surface area (Å²) in [6, 6.07) is 9.88. The zero-order chi connectivity index (χ0) is 11.5. The van der Waals surface area contributed by atoms with Gasteiger partial charge in [-0.25, -0.2) is 4.98 Å². The molecule has 0 spiro atoms. The van der Waals surface area contributed by atoms with Gasteiger partial charge in [-0.3, -0.25) is 0 Å². The zero-order valence-corrected chi connectivity index (χ0v) is 8.80. The lowest BCUT2D eigenvalue weighted by Crippen LogP contribution is -2.04. The van der Waals surface area contributed by atoms with E-state index >= 15 is 0 Å². The summed E-state index contributed by atoms with van der Waals surface area (Å²) in [6.07, 6.45) is 1.60. The Morgan fingerprint density at radius 2 is 2.06 bits per heavy atom. The van der Waals surface area contributed by atoms with Crippen LogP contribution in [0.3, 0.4) is 0 Å². The van der Waals surface area contributed by atoms with Gasteiger partial charge >= 0.3 is 0 Å². The number of hydrogen-bond acceptors (Lipinski definition) is 3. The Labute approximate surface area is 93.7 Å². The highest BCUT2D eigenvalue weighted by Crippen LogP contribution is 2.18. The lowest BCUT2D eigenvalue weighted by atomic mass is 10.2.